The average molecular weight is 445 g/mol. The number of carbonyl (C=O) groups excluding carboxylic acids is 1. The molecule has 170 valence electrons. The monoisotopic (exact) mass is 444 g/mol. The van der Waals surface area contributed by atoms with Crippen LogP contribution in [0.15, 0.2) is 23.1 Å². The molecule has 0 spiro atoms. The summed E-state index contributed by atoms with van der Waals surface area (Å²) < 4.78 is 31.3. The summed E-state index contributed by atoms with van der Waals surface area (Å²) in [5.74, 6) is 0. The Kier molecular flexibility index (Phi) is 9.04. The maximum atomic E-state index is 12.6. The van der Waals surface area contributed by atoms with Crippen LogP contribution in [0.2, 0.25) is 0 Å². The zero-order chi connectivity index (χ0) is 23.1. The first kappa shape index (κ1) is 25.6. The zero-order valence-corrected chi connectivity index (χ0v) is 19.2. The number of hydrogen-bond acceptors (Lipinski definition) is 7. The van der Waals surface area contributed by atoms with E-state index < -0.39 is 26.6 Å². The van der Waals surface area contributed by atoms with Gasteiger partial charge in [0.1, 0.15) is 16.2 Å². The van der Waals surface area contributed by atoms with Crippen molar-refractivity contribution in [1.82, 2.24) is 9.62 Å². The van der Waals surface area contributed by atoms with Crippen LogP contribution in [0.25, 0.3) is 0 Å². The first-order chi connectivity index (χ1) is 13.8. The smallest absolute Gasteiger partial charge is 0.407 e. The molecule has 0 aliphatic carbocycles. The van der Waals surface area contributed by atoms with Crippen LogP contribution in [-0.2, 0) is 14.8 Å². The van der Waals surface area contributed by atoms with Gasteiger partial charge < -0.3 is 15.4 Å². The zero-order valence-electron chi connectivity index (χ0n) is 18.4. The lowest BCUT2D eigenvalue weighted by atomic mass is 10.1. The number of hydrogen-bond donors (Lipinski definition) is 2. The van der Waals surface area contributed by atoms with Gasteiger partial charge in [0.2, 0.25) is 10.0 Å². The number of amides is 1. The Morgan fingerprint density at radius 1 is 1.27 bits per heavy atom. The first-order valence-electron chi connectivity index (χ1n) is 9.69. The van der Waals surface area contributed by atoms with Crippen LogP contribution in [0.5, 0.6) is 0 Å². The van der Waals surface area contributed by atoms with Crippen molar-refractivity contribution in [1.29, 1.82) is 0 Å². The predicted molar refractivity (Wildman–Crippen MR) is 115 cm³/mol. The van der Waals surface area contributed by atoms with Crippen LogP contribution in [-0.4, -0.2) is 56.0 Å². The number of nitro benzene ring substituents is 1. The Hall–Kier alpha value is -2.40. The summed E-state index contributed by atoms with van der Waals surface area (Å²) in [5, 5.41) is 17.1. The van der Waals surface area contributed by atoms with Crippen LogP contribution < -0.4 is 10.6 Å². The molecule has 0 unspecified atom stereocenters. The van der Waals surface area contributed by atoms with Crippen LogP contribution >= 0.6 is 0 Å². The minimum Gasteiger partial charge on any atom is -0.444 e. The SMILES string of the molecule is C[C@H](CCCCNC(=O)OC(C)(C)C)Nc1c([N+](=O)[O-])cccc1S(=O)(=O)N(C)C. The third-order valence-electron chi connectivity index (χ3n) is 4.08. The van der Waals surface area contributed by atoms with Crippen molar-refractivity contribution in [3.63, 3.8) is 0 Å². The van der Waals surface area contributed by atoms with Gasteiger partial charge in [-0.3, -0.25) is 10.1 Å². The molecular weight excluding hydrogens is 412 g/mol. The highest BCUT2D eigenvalue weighted by Crippen LogP contribution is 2.33. The Labute approximate surface area is 178 Å². The molecule has 0 heterocycles. The maximum absolute atomic E-state index is 12.6. The third kappa shape index (κ3) is 7.79. The molecule has 0 saturated heterocycles. The molecule has 1 aromatic carbocycles. The molecule has 1 atom stereocenters. The summed E-state index contributed by atoms with van der Waals surface area (Å²) in [6.07, 6.45) is 1.56. The topological polar surface area (TPSA) is 131 Å². The lowest BCUT2D eigenvalue weighted by Gasteiger charge is -2.20. The Morgan fingerprint density at radius 3 is 2.43 bits per heavy atom. The molecule has 0 aliphatic heterocycles. The molecular formula is C19H32N4O6S. The van der Waals surface area contributed by atoms with Crippen LogP contribution in [0, 0.1) is 10.1 Å². The van der Waals surface area contributed by atoms with Crippen molar-refractivity contribution in [3.05, 3.63) is 28.3 Å². The molecule has 1 rings (SSSR count). The molecule has 10 nitrogen and oxygen atoms in total. The number of alkyl carbamates (subject to hydrolysis) is 1. The Bertz CT molecular complexity index is 849. The van der Waals surface area contributed by atoms with Gasteiger partial charge in [-0.05, 0) is 53.0 Å². The summed E-state index contributed by atoms with van der Waals surface area (Å²) in [5.41, 5.74) is -0.871. The summed E-state index contributed by atoms with van der Waals surface area (Å²) in [7, 11) is -1.11. The van der Waals surface area contributed by atoms with Gasteiger partial charge in [-0.2, -0.15) is 0 Å². The van der Waals surface area contributed by atoms with E-state index in [-0.39, 0.29) is 22.3 Å². The van der Waals surface area contributed by atoms with Gasteiger partial charge >= 0.3 is 6.09 Å². The van der Waals surface area contributed by atoms with E-state index in [2.05, 4.69) is 10.6 Å². The summed E-state index contributed by atoms with van der Waals surface area (Å²) in [6.45, 7) is 7.62. The molecule has 30 heavy (non-hydrogen) atoms. The summed E-state index contributed by atoms with van der Waals surface area (Å²) >= 11 is 0. The number of sulfonamides is 1. The predicted octanol–water partition coefficient (Wildman–Crippen LogP) is 3.34. The number of rotatable bonds is 10. The summed E-state index contributed by atoms with van der Waals surface area (Å²) in [6, 6.07) is 3.76. The highest BCUT2D eigenvalue weighted by atomic mass is 32.2. The fraction of sp³-hybridized carbons (Fsp3) is 0.632. The van der Waals surface area contributed by atoms with Gasteiger partial charge in [0.15, 0.2) is 0 Å². The second kappa shape index (κ2) is 10.6. The van der Waals surface area contributed by atoms with E-state index >= 15 is 0 Å². The number of para-hydroxylation sites is 1. The Balaban J connectivity index is 2.74. The third-order valence-corrected chi connectivity index (χ3v) is 5.94. The van der Waals surface area contributed by atoms with E-state index in [1.54, 1.807) is 20.8 Å². The van der Waals surface area contributed by atoms with Crippen molar-refractivity contribution in [2.75, 3.05) is 26.0 Å². The van der Waals surface area contributed by atoms with Gasteiger partial charge in [-0.15, -0.1) is 0 Å². The normalized spacial score (nSPS) is 13.0. The lowest BCUT2D eigenvalue weighted by molar-refractivity contribution is -0.384. The standard InChI is InChI=1S/C19H32N4O6S/c1-14(10-7-8-13-20-18(24)29-19(2,3)4)21-17-15(23(25)26)11-9-12-16(17)30(27,28)22(5)6/h9,11-12,14,21H,7-8,10,13H2,1-6H3,(H,20,24)/t14-/m1/s1. The van der Waals surface area contributed by atoms with E-state index in [4.69, 9.17) is 4.74 Å². The van der Waals surface area contributed by atoms with Crippen molar-refractivity contribution < 1.29 is 22.9 Å². The number of unbranched alkanes of at least 4 members (excludes halogenated alkanes) is 1. The molecule has 0 fully saturated rings. The lowest BCUT2D eigenvalue weighted by Crippen LogP contribution is -2.33. The number of nitro groups is 1. The minimum atomic E-state index is -3.86. The molecule has 1 amide bonds. The number of anilines is 1. The van der Waals surface area contributed by atoms with E-state index in [0.29, 0.717) is 19.4 Å². The minimum absolute atomic E-state index is 0.0180. The largest absolute Gasteiger partial charge is 0.444 e. The van der Waals surface area contributed by atoms with Crippen molar-refractivity contribution in [3.8, 4) is 0 Å². The molecule has 0 aliphatic rings. The fourth-order valence-electron chi connectivity index (χ4n) is 2.63. The van der Waals surface area contributed by atoms with E-state index in [1.807, 2.05) is 6.92 Å². The molecule has 0 saturated carbocycles. The second-order valence-corrected chi connectivity index (χ2v) is 10.3. The van der Waals surface area contributed by atoms with Gasteiger partial charge in [-0.25, -0.2) is 17.5 Å². The highest BCUT2D eigenvalue weighted by Gasteiger charge is 2.28. The van der Waals surface area contributed by atoms with Gasteiger partial charge in [0.25, 0.3) is 5.69 Å². The average Bonchev–Trinajstić information content (AvgIpc) is 2.59. The number of ether oxygens (including phenoxy) is 1. The van der Waals surface area contributed by atoms with Crippen molar-refractivity contribution in [2.24, 2.45) is 0 Å². The van der Waals surface area contributed by atoms with Crippen LogP contribution in [0.4, 0.5) is 16.2 Å². The second-order valence-electron chi connectivity index (χ2n) is 8.16. The molecule has 2 N–H and O–H groups in total. The van der Waals surface area contributed by atoms with E-state index in [1.165, 1.54) is 32.3 Å². The first-order valence-corrected chi connectivity index (χ1v) is 11.1. The van der Waals surface area contributed by atoms with Crippen molar-refractivity contribution >= 4 is 27.5 Å². The molecule has 1 aromatic rings. The van der Waals surface area contributed by atoms with E-state index in [9.17, 15) is 23.3 Å². The van der Waals surface area contributed by atoms with Gasteiger partial charge in [0, 0.05) is 32.7 Å². The van der Waals surface area contributed by atoms with Crippen LogP contribution in [0.1, 0.15) is 47.0 Å². The quantitative estimate of drug-likeness (QED) is 0.321. The van der Waals surface area contributed by atoms with Crippen molar-refractivity contribution in [2.45, 2.75) is 63.5 Å². The highest BCUT2D eigenvalue weighted by molar-refractivity contribution is 7.89. The molecule has 0 aromatic heterocycles. The van der Waals surface area contributed by atoms with Gasteiger partial charge in [-0.1, -0.05) is 6.07 Å². The molecule has 0 bridgehead atoms. The summed E-state index contributed by atoms with van der Waals surface area (Å²) in [4.78, 5) is 22.3. The number of nitrogens with one attached hydrogen (secondary N) is 2. The van der Waals surface area contributed by atoms with Gasteiger partial charge in [0.05, 0.1) is 4.92 Å². The van der Waals surface area contributed by atoms with E-state index in [0.717, 1.165) is 10.7 Å². The maximum Gasteiger partial charge on any atom is 0.407 e. The number of carbonyl (C=O) groups is 1. The molecule has 11 heteroatoms. The number of benzene rings is 1. The Morgan fingerprint density at radius 2 is 1.90 bits per heavy atom. The molecule has 0 radical (unpaired) electrons. The number of nitrogens with zero attached hydrogens (tertiary/aromatic N) is 2. The van der Waals surface area contributed by atoms with Crippen LogP contribution in [0.3, 0.4) is 0 Å². The fourth-order valence-corrected chi connectivity index (χ4v) is 3.69.